The molecule has 6 nitrogen and oxygen atoms in total. The van der Waals surface area contributed by atoms with Crippen LogP contribution in [0.4, 0.5) is 15.8 Å². The van der Waals surface area contributed by atoms with Gasteiger partial charge in [-0.1, -0.05) is 12.1 Å². The van der Waals surface area contributed by atoms with Crippen molar-refractivity contribution in [2.45, 2.75) is 6.54 Å². The highest BCUT2D eigenvalue weighted by Crippen LogP contribution is 2.32. The number of carbonyl (C=O) groups excluding carboxylic acids is 2. The van der Waals surface area contributed by atoms with Gasteiger partial charge in [0.15, 0.2) is 0 Å². The van der Waals surface area contributed by atoms with Crippen molar-refractivity contribution >= 4 is 28.8 Å². The van der Waals surface area contributed by atoms with Crippen LogP contribution < -0.4 is 10.2 Å². The second kappa shape index (κ2) is 8.39. The van der Waals surface area contributed by atoms with Crippen molar-refractivity contribution in [3.05, 3.63) is 95.7 Å². The van der Waals surface area contributed by atoms with Gasteiger partial charge in [0.05, 0.1) is 12.1 Å². The normalized spacial score (nSPS) is 13.7. The second-order valence-corrected chi connectivity index (χ2v) is 7.38. The standard InChI is InChI=1S/C24H21FN4O2/c1-28(2)20-9-7-19(8-10-20)27-22-21(17-3-5-18(25)6-4-17)23(30)29(24(22)31)15-16-11-13-26-14-12-16/h3-14,27H,15H2,1-2H3. The Hall–Kier alpha value is -4.00. The number of benzene rings is 2. The van der Waals surface area contributed by atoms with Crippen LogP contribution >= 0.6 is 0 Å². The van der Waals surface area contributed by atoms with Crippen LogP contribution in [0.15, 0.2) is 78.8 Å². The van der Waals surface area contributed by atoms with E-state index in [1.807, 2.05) is 43.3 Å². The predicted octanol–water partition coefficient (Wildman–Crippen LogP) is 3.68. The number of rotatable bonds is 6. The Morgan fingerprint density at radius 3 is 2.16 bits per heavy atom. The molecule has 0 atom stereocenters. The van der Waals surface area contributed by atoms with Crippen molar-refractivity contribution in [1.29, 1.82) is 0 Å². The Morgan fingerprint density at radius 1 is 0.903 bits per heavy atom. The molecule has 1 aromatic heterocycles. The highest BCUT2D eigenvalue weighted by atomic mass is 19.1. The smallest absolute Gasteiger partial charge is 0.278 e. The molecule has 0 saturated heterocycles. The molecular weight excluding hydrogens is 395 g/mol. The molecule has 0 radical (unpaired) electrons. The third-order valence-electron chi connectivity index (χ3n) is 5.04. The zero-order valence-corrected chi connectivity index (χ0v) is 17.2. The van der Waals surface area contributed by atoms with Gasteiger partial charge in [-0.25, -0.2) is 4.39 Å². The lowest BCUT2D eigenvalue weighted by Crippen LogP contribution is -2.32. The molecule has 7 heteroatoms. The highest BCUT2D eigenvalue weighted by Gasteiger charge is 2.39. The van der Waals surface area contributed by atoms with Gasteiger partial charge in [-0.05, 0) is 59.7 Å². The molecule has 156 valence electrons. The number of amides is 2. The lowest BCUT2D eigenvalue weighted by molar-refractivity contribution is -0.137. The maximum Gasteiger partial charge on any atom is 0.278 e. The molecular formula is C24H21FN4O2. The van der Waals surface area contributed by atoms with E-state index in [4.69, 9.17) is 0 Å². The van der Waals surface area contributed by atoms with Crippen LogP contribution in [-0.2, 0) is 16.1 Å². The molecule has 4 rings (SSSR count). The van der Waals surface area contributed by atoms with E-state index in [0.717, 1.165) is 11.3 Å². The first kappa shape index (κ1) is 20.3. The third-order valence-corrected chi connectivity index (χ3v) is 5.04. The fraction of sp³-hybridized carbons (Fsp3) is 0.125. The summed E-state index contributed by atoms with van der Waals surface area (Å²) in [5.74, 6) is -1.28. The number of pyridine rings is 1. The highest BCUT2D eigenvalue weighted by molar-refractivity contribution is 6.36. The molecule has 1 N–H and O–H groups in total. The van der Waals surface area contributed by atoms with Crippen molar-refractivity contribution in [2.75, 3.05) is 24.3 Å². The summed E-state index contributed by atoms with van der Waals surface area (Å²) in [5.41, 5.74) is 3.33. The number of imide groups is 1. The van der Waals surface area contributed by atoms with Crippen LogP contribution in [0.1, 0.15) is 11.1 Å². The monoisotopic (exact) mass is 416 g/mol. The number of anilines is 2. The first-order valence-corrected chi connectivity index (χ1v) is 9.74. The van der Waals surface area contributed by atoms with Crippen LogP contribution in [0.2, 0.25) is 0 Å². The summed E-state index contributed by atoms with van der Waals surface area (Å²) in [6.45, 7) is 0.121. The molecule has 0 spiro atoms. The van der Waals surface area contributed by atoms with Crippen molar-refractivity contribution in [3.8, 4) is 0 Å². The van der Waals surface area contributed by atoms with Crippen molar-refractivity contribution < 1.29 is 14.0 Å². The number of hydrogen-bond donors (Lipinski definition) is 1. The van der Waals surface area contributed by atoms with Crippen LogP contribution in [0.25, 0.3) is 5.57 Å². The molecule has 0 saturated carbocycles. The van der Waals surface area contributed by atoms with E-state index < -0.39 is 17.6 Å². The molecule has 2 aromatic carbocycles. The summed E-state index contributed by atoms with van der Waals surface area (Å²) in [7, 11) is 3.88. The van der Waals surface area contributed by atoms with E-state index in [1.54, 1.807) is 24.5 Å². The minimum Gasteiger partial charge on any atom is -0.378 e. The molecule has 2 heterocycles. The Kier molecular flexibility index (Phi) is 5.49. The number of carbonyl (C=O) groups is 2. The fourth-order valence-electron chi connectivity index (χ4n) is 3.38. The number of nitrogens with one attached hydrogen (secondary N) is 1. The number of hydrogen-bond acceptors (Lipinski definition) is 5. The third kappa shape index (κ3) is 4.16. The van der Waals surface area contributed by atoms with E-state index in [0.29, 0.717) is 11.3 Å². The van der Waals surface area contributed by atoms with Crippen LogP contribution in [0.3, 0.4) is 0 Å². The summed E-state index contributed by atoms with van der Waals surface area (Å²) in [6, 6.07) is 16.6. The largest absolute Gasteiger partial charge is 0.378 e. The average molecular weight is 416 g/mol. The maximum absolute atomic E-state index is 13.5. The Bertz CT molecular complexity index is 1140. The minimum atomic E-state index is -0.433. The molecule has 1 aliphatic rings. The first-order chi connectivity index (χ1) is 14.9. The maximum atomic E-state index is 13.5. The molecule has 0 unspecified atom stereocenters. The van der Waals surface area contributed by atoms with E-state index in [2.05, 4.69) is 10.3 Å². The van der Waals surface area contributed by atoms with Gasteiger partial charge >= 0.3 is 0 Å². The summed E-state index contributed by atoms with van der Waals surface area (Å²) in [4.78, 5) is 33.6. The van der Waals surface area contributed by atoms with Gasteiger partial charge < -0.3 is 10.2 Å². The number of nitrogens with zero attached hydrogens (tertiary/aromatic N) is 3. The summed E-state index contributed by atoms with van der Waals surface area (Å²) in [5, 5.41) is 3.11. The lowest BCUT2D eigenvalue weighted by Gasteiger charge is -2.16. The summed E-state index contributed by atoms with van der Waals surface area (Å²) in [6.07, 6.45) is 3.22. The predicted molar refractivity (Wildman–Crippen MR) is 118 cm³/mol. The SMILES string of the molecule is CN(C)c1ccc(NC2=C(c3ccc(F)cc3)C(=O)N(Cc3ccncc3)C2=O)cc1. The Labute approximate surface area is 179 Å². The van der Waals surface area contributed by atoms with E-state index >= 15 is 0 Å². The molecule has 31 heavy (non-hydrogen) atoms. The van der Waals surface area contributed by atoms with Crippen molar-refractivity contribution in [3.63, 3.8) is 0 Å². The Balaban J connectivity index is 1.71. The van der Waals surface area contributed by atoms with E-state index in [9.17, 15) is 14.0 Å². The van der Waals surface area contributed by atoms with Crippen LogP contribution in [0.5, 0.6) is 0 Å². The van der Waals surface area contributed by atoms with E-state index in [1.165, 1.54) is 29.2 Å². The molecule has 3 aromatic rings. The van der Waals surface area contributed by atoms with Gasteiger partial charge in [0.25, 0.3) is 11.8 Å². The molecule has 0 fully saturated rings. The Morgan fingerprint density at radius 2 is 1.55 bits per heavy atom. The van der Waals surface area contributed by atoms with Gasteiger partial charge in [0, 0.05) is 37.9 Å². The topological polar surface area (TPSA) is 65.5 Å². The zero-order chi connectivity index (χ0) is 22.0. The fourth-order valence-corrected chi connectivity index (χ4v) is 3.38. The first-order valence-electron chi connectivity index (χ1n) is 9.74. The molecule has 1 aliphatic heterocycles. The van der Waals surface area contributed by atoms with Gasteiger partial charge in [-0.15, -0.1) is 0 Å². The lowest BCUT2D eigenvalue weighted by atomic mass is 10.0. The van der Waals surface area contributed by atoms with Crippen LogP contribution in [-0.4, -0.2) is 35.8 Å². The van der Waals surface area contributed by atoms with Gasteiger partial charge in [-0.2, -0.15) is 0 Å². The zero-order valence-electron chi connectivity index (χ0n) is 17.2. The van der Waals surface area contributed by atoms with Crippen LogP contribution in [0, 0.1) is 5.82 Å². The second-order valence-electron chi connectivity index (χ2n) is 7.38. The molecule has 0 aliphatic carbocycles. The average Bonchev–Trinajstić information content (AvgIpc) is 3.00. The summed E-state index contributed by atoms with van der Waals surface area (Å²) < 4.78 is 13.5. The number of aromatic nitrogens is 1. The minimum absolute atomic E-state index is 0.121. The molecule has 0 bridgehead atoms. The quantitative estimate of drug-likeness (QED) is 0.621. The van der Waals surface area contributed by atoms with Crippen molar-refractivity contribution in [1.82, 2.24) is 9.88 Å². The van der Waals surface area contributed by atoms with Gasteiger partial charge in [0.1, 0.15) is 11.5 Å². The van der Waals surface area contributed by atoms with Crippen molar-refractivity contribution in [2.24, 2.45) is 0 Å². The number of halogens is 1. The van der Waals surface area contributed by atoms with E-state index in [-0.39, 0.29) is 17.8 Å². The molecule has 2 amide bonds. The van der Waals surface area contributed by atoms with Gasteiger partial charge in [0.2, 0.25) is 0 Å². The van der Waals surface area contributed by atoms with Gasteiger partial charge in [-0.3, -0.25) is 19.5 Å². The summed E-state index contributed by atoms with van der Waals surface area (Å²) >= 11 is 0.